The Hall–Kier alpha value is -2.43. The molecule has 22 heavy (non-hydrogen) atoms. The summed E-state index contributed by atoms with van der Waals surface area (Å²) < 4.78 is 0. The van der Waals surface area contributed by atoms with Crippen LogP contribution in [0.5, 0.6) is 0 Å². The highest BCUT2D eigenvalue weighted by Gasteiger charge is 2.10. The summed E-state index contributed by atoms with van der Waals surface area (Å²) in [4.78, 5) is 26.9. The molecular weight excluding hydrogens is 280 g/mol. The normalized spacial score (nSPS) is 12.0. The number of nitrogens with one attached hydrogen (secondary N) is 1. The second-order valence-corrected chi connectivity index (χ2v) is 5.41. The molecule has 0 aliphatic carbocycles. The number of pyridine rings is 1. The fraction of sp³-hybridized carbons (Fsp3) is 0.353. The van der Waals surface area contributed by atoms with Crippen molar-refractivity contribution in [3.05, 3.63) is 42.2 Å². The minimum absolute atomic E-state index is 0.197. The van der Waals surface area contributed by atoms with Gasteiger partial charge in [0, 0.05) is 18.1 Å². The number of rotatable bonds is 7. The van der Waals surface area contributed by atoms with Gasteiger partial charge in [-0.3, -0.25) is 14.6 Å². The summed E-state index contributed by atoms with van der Waals surface area (Å²) in [5, 5.41) is 13.6. The number of carboxylic acid groups (broad SMARTS) is 1. The van der Waals surface area contributed by atoms with Crippen molar-refractivity contribution < 1.29 is 14.7 Å². The second kappa shape index (κ2) is 7.54. The van der Waals surface area contributed by atoms with Crippen molar-refractivity contribution in [3.63, 3.8) is 0 Å². The standard InChI is InChI=1S/C17H20N2O3/c1-12(17(21)22)6-4-5-9-18-16(20)15-10-13-7-2-3-8-14(13)11-19-15/h2-3,7-8,10-12H,4-6,9H2,1H3,(H,18,20)(H,21,22)/t12-/m0/s1. The number of aromatic nitrogens is 1. The highest BCUT2D eigenvalue weighted by Crippen LogP contribution is 2.13. The zero-order chi connectivity index (χ0) is 15.9. The summed E-state index contributed by atoms with van der Waals surface area (Å²) in [5.74, 6) is -1.31. The molecule has 0 radical (unpaired) electrons. The molecule has 0 saturated carbocycles. The van der Waals surface area contributed by atoms with E-state index in [0.717, 1.165) is 23.6 Å². The first-order valence-corrected chi connectivity index (χ1v) is 7.43. The van der Waals surface area contributed by atoms with Crippen molar-refractivity contribution in [2.75, 3.05) is 6.54 Å². The van der Waals surface area contributed by atoms with Crippen LogP contribution in [0.3, 0.4) is 0 Å². The molecule has 1 amide bonds. The van der Waals surface area contributed by atoms with Gasteiger partial charge in [-0.2, -0.15) is 0 Å². The van der Waals surface area contributed by atoms with Crippen LogP contribution in [-0.2, 0) is 4.79 Å². The van der Waals surface area contributed by atoms with Crippen molar-refractivity contribution in [3.8, 4) is 0 Å². The molecule has 0 bridgehead atoms. The SMILES string of the molecule is C[C@@H](CCCCNC(=O)c1cc2ccccc2cn1)C(=O)O. The zero-order valence-corrected chi connectivity index (χ0v) is 12.6. The average molecular weight is 300 g/mol. The van der Waals surface area contributed by atoms with Gasteiger partial charge in [0.2, 0.25) is 0 Å². The summed E-state index contributed by atoms with van der Waals surface area (Å²) in [5.41, 5.74) is 0.401. The second-order valence-electron chi connectivity index (χ2n) is 5.41. The van der Waals surface area contributed by atoms with E-state index in [9.17, 15) is 9.59 Å². The molecule has 0 aliphatic heterocycles. The molecule has 1 heterocycles. The number of carboxylic acids is 1. The van der Waals surface area contributed by atoms with Crippen LogP contribution in [0.1, 0.15) is 36.7 Å². The summed E-state index contributed by atoms with van der Waals surface area (Å²) in [6.07, 6.45) is 3.86. The molecule has 0 unspecified atom stereocenters. The van der Waals surface area contributed by atoms with E-state index >= 15 is 0 Å². The molecule has 0 spiro atoms. The third kappa shape index (κ3) is 4.28. The Balaban J connectivity index is 1.80. The summed E-state index contributed by atoms with van der Waals surface area (Å²) in [6, 6.07) is 9.53. The lowest BCUT2D eigenvalue weighted by Gasteiger charge is -2.07. The summed E-state index contributed by atoms with van der Waals surface area (Å²) >= 11 is 0. The number of carbonyl (C=O) groups excluding carboxylic acids is 1. The Kier molecular flexibility index (Phi) is 5.47. The van der Waals surface area contributed by atoms with E-state index in [0.29, 0.717) is 18.7 Å². The van der Waals surface area contributed by atoms with E-state index in [1.807, 2.05) is 24.3 Å². The monoisotopic (exact) mass is 300 g/mol. The van der Waals surface area contributed by atoms with E-state index in [1.54, 1.807) is 19.2 Å². The fourth-order valence-corrected chi connectivity index (χ4v) is 2.20. The van der Waals surface area contributed by atoms with E-state index in [1.165, 1.54) is 0 Å². The van der Waals surface area contributed by atoms with Crippen LogP contribution in [0.4, 0.5) is 0 Å². The average Bonchev–Trinajstić information content (AvgIpc) is 2.53. The molecule has 1 aromatic heterocycles. The van der Waals surface area contributed by atoms with E-state index in [-0.39, 0.29) is 11.8 Å². The molecule has 5 nitrogen and oxygen atoms in total. The number of hydrogen-bond acceptors (Lipinski definition) is 3. The number of hydrogen-bond donors (Lipinski definition) is 2. The molecule has 0 aliphatic rings. The van der Waals surface area contributed by atoms with Crippen LogP contribution in [-0.4, -0.2) is 28.5 Å². The van der Waals surface area contributed by atoms with E-state index in [2.05, 4.69) is 10.3 Å². The van der Waals surface area contributed by atoms with Gasteiger partial charge in [-0.15, -0.1) is 0 Å². The van der Waals surface area contributed by atoms with Crippen LogP contribution >= 0.6 is 0 Å². The lowest BCUT2D eigenvalue weighted by atomic mass is 10.0. The molecule has 2 aromatic rings. The van der Waals surface area contributed by atoms with Crippen molar-refractivity contribution >= 4 is 22.6 Å². The molecule has 0 fully saturated rings. The van der Waals surface area contributed by atoms with Crippen LogP contribution < -0.4 is 5.32 Å². The molecule has 2 rings (SSSR count). The van der Waals surface area contributed by atoms with Gasteiger partial charge in [0.1, 0.15) is 5.69 Å². The first kappa shape index (κ1) is 15.9. The number of amides is 1. The number of carbonyl (C=O) groups is 2. The minimum Gasteiger partial charge on any atom is -0.481 e. The number of nitrogens with zero attached hydrogens (tertiary/aromatic N) is 1. The summed E-state index contributed by atoms with van der Waals surface area (Å²) in [7, 11) is 0. The quantitative estimate of drug-likeness (QED) is 0.771. The number of aliphatic carboxylic acids is 1. The lowest BCUT2D eigenvalue weighted by molar-refractivity contribution is -0.141. The van der Waals surface area contributed by atoms with Crippen molar-refractivity contribution in [1.29, 1.82) is 0 Å². The molecule has 5 heteroatoms. The van der Waals surface area contributed by atoms with Gasteiger partial charge in [-0.05, 0) is 24.3 Å². The third-order valence-corrected chi connectivity index (χ3v) is 3.63. The highest BCUT2D eigenvalue weighted by molar-refractivity contribution is 5.96. The largest absolute Gasteiger partial charge is 0.481 e. The Morgan fingerprint density at radius 3 is 2.68 bits per heavy atom. The highest BCUT2D eigenvalue weighted by atomic mass is 16.4. The maximum atomic E-state index is 12.0. The van der Waals surface area contributed by atoms with Crippen molar-refractivity contribution in [2.45, 2.75) is 26.2 Å². The van der Waals surface area contributed by atoms with E-state index < -0.39 is 5.97 Å². The molecule has 1 aromatic carbocycles. The third-order valence-electron chi connectivity index (χ3n) is 3.63. The molecule has 0 saturated heterocycles. The van der Waals surface area contributed by atoms with Gasteiger partial charge in [-0.1, -0.05) is 37.6 Å². The van der Waals surface area contributed by atoms with Crippen molar-refractivity contribution in [2.24, 2.45) is 5.92 Å². The first-order chi connectivity index (χ1) is 10.6. The predicted molar refractivity (Wildman–Crippen MR) is 84.7 cm³/mol. The van der Waals surface area contributed by atoms with Gasteiger partial charge < -0.3 is 10.4 Å². The smallest absolute Gasteiger partial charge is 0.306 e. The zero-order valence-electron chi connectivity index (χ0n) is 12.6. The lowest BCUT2D eigenvalue weighted by Crippen LogP contribution is -2.25. The van der Waals surface area contributed by atoms with Crippen LogP contribution in [0, 0.1) is 5.92 Å². The Morgan fingerprint density at radius 2 is 1.95 bits per heavy atom. The van der Waals surface area contributed by atoms with Gasteiger partial charge in [0.05, 0.1) is 5.92 Å². The maximum absolute atomic E-state index is 12.0. The first-order valence-electron chi connectivity index (χ1n) is 7.43. The van der Waals surface area contributed by atoms with Gasteiger partial charge in [0.25, 0.3) is 5.91 Å². The van der Waals surface area contributed by atoms with Crippen LogP contribution in [0.2, 0.25) is 0 Å². The van der Waals surface area contributed by atoms with Crippen LogP contribution in [0.25, 0.3) is 10.8 Å². The number of unbranched alkanes of at least 4 members (excludes halogenated alkanes) is 1. The molecule has 2 N–H and O–H groups in total. The Bertz CT molecular complexity index is 670. The van der Waals surface area contributed by atoms with Crippen LogP contribution in [0.15, 0.2) is 36.5 Å². The van der Waals surface area contributed by atoms with Gasteiger partial charge in [0.15, 0.2) is 0 Å². The molecular formula is C17H20N2O3. The molecule has 116 valence electrons. The van der Waals surface area contributed by atoms with Gasteiger partial charge >= 0.3 is 5.97 Å². The Morgan fingerprint density at radius 1 is 1.23 bits per heavy atom. The Labute approximate surface area is 129 Å². The number of fused-ring (bicyclic) bond motifs is 1. The van der Waals surface area contributed by atoms with Gasteiger partial charge in [-0.25, -0.2) is 0 Å². The van der Waals surface area contributed by atoms with Crippen molar-refractivity contribution in [1.82, 2.24) is 10.3 Å². The maximum Gasteiger partial charge on any atom is 0.306 e. The molecule has 1 atom stereocenters. The minimum atomic E-state index is -0.774. The topological polar surface area (TPSA) is 79.3 Å². The number of benzene rings is 1. The predicted octanol–water partition coefficient (Wildman–Crippen LogP) is 2.86. The fourth-order valence-electron chi connectivity index (χ4n) is 2.20. The summed E-state index contributed by atoms with van der Waals surface area (Å²) in [6.45, 7) is 2.22. The van der Waals surface area contributed by atoms with E-state index in [4.69, 9.17) is 5.11 Å².